The van der Waals surface area contributed by atoms with Crippen molar-refractivity contribution in [1.29, 1.82) is 0 Å². The van der Waals surface area contributed by atoms with E-state index in [0.29, 0.717) is 0 Å². The van der Waals surface area contributed by atoms with Crippen LogP contribution in [0.15, 0.2) is 23.4 Å². The summed E-state index contributed by atoms with van der Waals surface area (Å²) in [4.78, 5) is 24.9. The van der Waals surface area contributed by atoms with Crippen molar-refractivity contribution >= 4 is 36.2 Å². The molecule has 1 unspecified atom stereocenters. The third kappa shape index (κ3) is 3.88. The number of hydrogen-bond acceptors (Lipinski definition) is 7. The first kappa shape index (κ1) is 13.7. The Hall–Kier alpha value is -1.32. The predicted octanol–water partition coefficient (Wildman–Crippen LogP) is 0.370. The van der Waals surface area contributed by atoms with Gasteiger partial charge in [-0.05, 0) is 18.0 Å². The van der Waals surface area contributed by atoms with Crippen LogP contribution >= 0.6 is 24.6 Å². The second-order valence-corrected chi connectivity index (χ2v) is 4.13. The molecule has 1 heterocycles. The number of primary amides is 1. The lowest BCUT2D eigenvalue weighted by Gasteiger charge is -2.10. The lowest BCUT2D eigenvalue weighted by atomic mass is 10.3. The number of hydrogen-bond donors (Lipinski definition) is 3. The minimum Gasteiger partial charge on any atom is -0.368 e. The lowest BCUT2D eigenvalue weighted by molar-refractivity contribution is -0.388. The van der Waals surface area contributed by atoms with E-state index in [1.165, 1.54) is 18.3 Å². The molecule has 92 valence electrons. The van der Waals surface area contributed by atoms with Crippen molar-refractivity contribution < 1.29 is 9.72 Å². The van der Waals surface area contributed by atoms with Crippen LogP contribution < -0.4 is 10.5 Å². The maximum absolute atomic E-state index is 10.9. The number of carbonyl (C=O) groups is 1. The SMILES string of the molecule is NC(=O)C(CS)NSc1ncccc1[N+](=O)[O-]. The highest BCUT2D eigenvalue weighted by molar-refractivity contribution is 7.97. The summed E-state index contributed by atoms with van der Waals surface area (Å²) in [7, 11) is 0. The quantitative estimate of drug-likeness (QED) is 0.299. The van der Waals surface area contributed by atoms with Gasteiger partial charge >= 0.3 is 5.69 Å². The summed E-state index contributed by atoms with van der Waals surface area (Å²) >= 11 is 4.82. The van der Waals surface area contributed by atoms with Gasteiger partial charge in [0.15, 0.2) is 5.03 Å². The van der Waals surface area contributed by atoms with Crippen molar-refractivity contribution in [3.63, 3.8) is 0 Å². The minimum absolute atomic E-state index is 0.132. The third-order valence-corrected chi connectivity index (χ3v) is 3.05. The number of nitrogens with one attached hydrogen (secondary N) is 1. The van der Waals surface area contributed by atoms with Crippen LogP contribution in [0.25, 0.3) is 0 Å². The smallest absolute Gasteiger partial charge is 0.302 e. The summed E-state index contributed by atoms with van der Waals surface area (Å²) in [5, 5.41) is 10.9. The van der Waals surface area contributed by atoms with E-state index in [4.69, 9.17) is 5.73 Å². The van der Waals surface area contributed by atoms with Gasteiger partial charge in [0, 0.05) is 18.0 Å². The highest BCUT2D eigenvalue weighted by Crippen LogP contribution is 2.24. The van der Waals surface area contributed by atoms with Crippen LogP contribution in [0.2, 0.25) is 0 Å². The average Bonchev–Trinajstić information content (AvgIpc) is 2.29. The summed E-state index contributed by atoms with van der Waals surface area (Å²) < 4.78 is 2.68. The molecule has 0 bridgehead atoms. The monoisotopic (exact) mass is 274 g/mol. The molecule has 7 nitrogen and oxygen atoms in total. The Labute approximate surface area is 107 Å². The van der Waals surface area contributed by atoms with Crippen LogP contribution in [0.4, 0.5) is 5.69 Å². The largest absolute Gasteiger partial charge is 0.368 e. The molecule has 0 spiro atoms. The fraction of sp³-hybridized carbons (Fsp3) is 0.250. The standard InChI is InChI=1S/C8H10N4O3S2/c9-7(13)5(4-16)11-17-8-6(12(14)15)2-1-3-10-8/h1-3,5,11,16H,4H2,(H2,9,13). The number of nitro groups is 1. The number of thiol groups is 1. The molecule has 0 saturated carbocycles. The second-order valence-electron chi connectivity index (χ2n) is 2.94. The van der Waals surface area contributed by atoms with Crippen LogP contribution in [0, 0.1) is 10.1 Å². The Morgan fingerprint density at radius 2 is 2.47 bits per heavy atom. The van der Waals surface area contributed by atoms with E-state index in [1.807, 2.05) is 0 Å². The topological polar surface area (TPSA) is 111 Å². The fourth-order valence-electron chi connectivity index (χ4n) is 0.912. The van der Waals surface area contributed by atoms with Crippen LogP contribution in [-0.2, 0) is 4.79 Å². The Bertz CT molecular complexity index is 429. The molecule has 1 amide bonds. The molecule has 1 atom stereocenters. The van der Waals surface area contributed by atoms with Crippen LogP contribution in [0.3, 0.4) is 0 Å². The summed E-state index contributed by atoms with van der Waals surface area (Å²) in [6, 6.07) is 2.12. The van der Waals surface area contributed by atoms with Gasteiger partial charge in [-0.1, -0.05) is 0 Å². The molecular formula is C8H10N4O3S2. The number of carbonyl (C=O) groups excluding carboxylic acids is 1. The zero-order valence-corrected chi connectivity index (χ0v) is 10.3. The van der Waals surface area contributed by atoms with E-state index in [0.717, 1.165) is 11.9 Å². The third-order valence-electron chi connectivity index (χ3n) is 1.77. The normalized spacial score (nSPS) is 12.1. The molecular weight excluding hydrogens is 264 g/mol. The van der Waals surface area contributed by atoms with E-state index in [2.05, 4.69) is 22.3 Å². The lowest BCUT2D eigenvalue weighted by Crippen LogP contribution is -2.39. The van der Waals surface area contributed by atoms with E-state index >= 15 is 0 Å². The number of amides is 1. The number of nitrogens with two attached hydrogens (primary N) is 1. The number of nitrogens with zero attached hydrogens (tertiary/aromatic N) is 2. The van der Waals surface area contributed by atoms with Crippen molar-refractivity contribution in [3.8, 4) is 0 Å². The number of rotatable bonds is 6. The molecule has 0 aromatic carbocycles. The zero-order valence-electron chi connectivity index (χ0n) is 8.57. The van der Waals surface area contributed by atoms with Gasteiger partial charge in [0.2, 0.25) is 5.91 Å². The minimum atomic E-state index is -0.676. The summed E-state index contributed by atoms with van der Waals surface area (Å²) in [5.74, 6) is -0.380. The van der Waals surface area contributed by atoms with Gasteiger partial charge in [-0.15, -0.1) is 0 Å². The fourth-order valence-corrected chi connectivity index (χ4v) is 2.12. The van der Waals surface area contributed by atoms with Crippen LogP contribution in [0.5, 0.6) is 0 Å². The van der Waals surface area contributed by atoms with Gasteiger partial charge < -0.3 is 5.73 Å². The first-order chi connectivity index (χ1) is 8.06. The summed E-state index contributed by atoms with van der Waals surface area (Å²) in [6.07, 6.45) is 1.43. The average molecular weight is 274 g/mol. The molecule has 0 aliphatic rings. The summed E-state index contributed by atoms with van der Waals surface area (Å²) in [6.45, 7) is 0. The molecule has 17 heavy (non-hydrogen) atoms. The maximum Gasteiger partial charge on any atom is 0.302 e. The van der Waals surface area contributed by atoms with Gasteiger partial charge in [-0.25, -0.2) is 9.71 Å². The van der Waals surface area contributed by atoms with Crippen molar-refractivity contribution in [3.05, 3.63) is 28.4 Å². The molecule has 1 aromatic rings. The highest BCUT2D eigenvalue weighted by Gasteiger charge is 2.18. The Balaban J connectivity index is 2.75. The molecule has 0 radical (unpaired) electrons. The molecule has 9 heteroatoms. The van der Waals surface area contributed by atoms with Gasteiger partial charge in [0.1, 0.15) is 6.04 Å². The molecule has 0 aliphatic heterocycles. The molecule has 1 aromatic heterocycles. The zero-order chi connectivity index (χ0) is 12.8. The first-order valence-electron chi connectivity index (χ1n) is 4.48. The van der Waals surface area contributed by atoms with Gasteiger partial charge in [0.25, 0.3) is 0 Å². The van der Waals surface area contributed by atoms with Crippen molar-refractivity contribution in [2.45, 2.75) is 11.1 Å². The number of aromatic nitrogens is 1. The Kier molecular flexibility index (Phi) is 5.19. The van der Waals surface area contributed by atoms with E-state index in [1.54, 1.807) is 0 Å². The first-order valence-corrected chi connectivity index (χ1v) is 5.93. The van der Waals surface area contributed by atoms with Crippen molar-refractivity contribution in [1.82, 2.24) is 9.71 Å². The molecule has 0 aliphatic carbocycles. The Morgan fingerprint density at radius 3 is 3.00 bits per heavy atom. The number of pyridine rings is 1. The van der Waals surface area contributed by atoms with E-state index in [-0.39, 0.29) is 16.5 Å². The predicted molar refractivity (Wildman–Crippen MR) is 66.7 cm³/mol. The van der Waals surface area contributed by atoms with E-state index < -0.39 is 16.9 Å². The maximum atomic E-state index is 10.9. The van der Waals surface area contributed by atoms with Crippen molar-refractivity contribution in [2.75, 3.05) is 5.75 Å². The second kappa shape index (κ2) is 6.42. The van der Waals surface area contributed by atoms with Gasteiger partial charge in [-0.3, -0.25) is 14.9 Å². The van der Waals surface area contributed by atoms with Crippen molar-refractivity contribution in [2.24, 2.45) is 5.73 Å². The van der Waals surface area contributed by atoms with Crippen LogP contribution in [0.1, 0.15) is 0 Å². The van der Waals surface area contributed by atoms with E-state index in [9.17, 15) is 14.9 Å². The Morgan fingerprint density at radius 1 is 1.76 bits per heavy atom. The molecule has 0 fully saturated rings. The summed E-state index contributed by atoms with van der Waals surface area (Å²) in [5.41, 5.74) is 4.96. The van der Waals surface area contributed by atoms with Gasteiger partial charge in [0.05, 0.1) is 4.92 Å². The molecule has 0 saturated heterocycles. The highest BCUT2D eigenvalue weighted by atomic mass is 32.2. The van der Waals surface area contributed by atoms with Gasteiger partial charge in [-0.2, -0.15) is 12.6 Å². The molecule has 1 rings (SSSR count). The molecule has 3 N–H and O–H groups in total. The van der Waals surface area contributed by atoms with Crippen LogP contribution in [-0.4, -0.2) is 27.6 Å².